The predicted octanol–water partition coefficient (Wildman–Crippen LogP) is 1.87. The van der Waals surface area contributed by atoms with Crippen LogP contribution in [0.5, 0.6) is 0 Å². The van der Waals surface area contributed by atoms with Gasteiger partial charge in [0.15, 0.2) is 0 Å². The zero-order valence-electron chi connectivity index (χ0n) is 6.42. The van der Waals surface area contributed by atoms with E-state index in [0.717, 1.165) is 5.56 Å². The number of aryl methyl sites for hydroxylation is 1. The van der Waals surface area contributed by atoms with Gasteiger partial charge in [0, 0.05) is 11.6 Å². The van der Waals surface area contributed by atoms with E-state index >= 15 is 0 Å². The van der Waals surface area contributed by atoms with E-state index in [1.807, 2.05) is 12.1 Å². The molecule has 54 valence electrons. The van der Waals surface area contributed by atoms with Crippen molar-refractivity contribution in [3.63, 3.8) is 0 Å². The van der Waals surface area contributed by atoms with Crippen LogP contribution < -0.4 is 0 Å². The average molecular weight is 158 g/mol. The van der Waals surface area contributed by atoms with Gasteiger partial charge < -0.3 is 5.11 Å². The second-order valence-electron chi connectivity index (χ2n) is 1.98. The van der Waals surface area contributed by atoms with Crippen molar-refractivity contribution in [1.82, 2.24) is 0 Å². The van der Waals surface area contributed by atoms with Gasteiger partial charge in [0.2, 0.25) is 0 Å². The standard InChI is InChI=1S/C8H9ClO/c9-8-4-2-1-3-7(8)5-6-10/h1-4,10H,5-6H2/i6D/t6-/m0/s1. The zero-order valence-corrected chi connectivity index (χ0v) is 6.17. The summed E-state index contributed by atoms with van der Waals surface area (Å²) in [6.07, 6.45) is 0.291. The monoisotopic (exact) mass is 157 g/mol. The molecule has 0 saturated heterocycles. The minimum absolute atomic E-state index is 0.291. The Labute approximate surface area is 66.7 Å². The van der Waals surface area contributed by atoms with Gasteiger partial charge in [-0.1, -0.05) is 29.8 Å². The molecule has 2 heteroatoms. The third kappa shape index (κ3) is 1.72. The summed E-state index contributed by atoms with van der Waals surface area (Å²) in [5.41, 5.74) is 0.816. The normalized spacial score (nSPS) is 14.4. The molecule has 0 aromatic heterocycles. The first-order valence-electron chi connectivity index (χ1n) is 3.61. The third-order valence-electron chi connectivity index (χ3n) is 1.27. The number of benzene rings is 1. The molecule has 10 heavy (non-hydrogen) atoms. The summed E-state index contributed by atoms with van der Waals surface area (Å²) >= 11 is 5.77. The molecule has 0 unspecified atom stereocenters. The fourth-order valence-corrected chi connectivity index (χ4v) is 0.975. The molecule has 0 heterocycles. The summed E-state index contributed by atoms with van der Waals surface area (Å²) in [7, 11) is 0. The Hall–Kier alpha value is -0.530. The van der Waals surface area contributed by atoms with E-state index in [0.29, 0.717) is 11.4 Å². The first-order valence-corrected chi connectivity index (χ1v) is 3.41. The second-order valence-corrected chi connectivity index (χ2v) is 2.39. The molecule has 0 saturated carbocycles. The van der Waals surface area contributed by atoms with Crippen LogP contribution in [0.3, 0.4) is 0 Å². The maximum absolute atomic E-state index is 8.74. The van der Waals surface area contributed by atoms with Gasteiger partial charge in [-0.3, -0.25) is 0 Å². The van der Waals surface area contributed by atoms with Crippen molar-refractivity contribution >= 4 is 11.6 Å². The van der Waals surface area contributed by atoms with E-state index in [1.165, 1.54) is 0 Å². The molecule has 1 rings (SSSR count). The molecular weight excluding hydrogens is 148 g/mol. The quantitative estimate of drug-likeness (QED) is 0.695. The van der Waals surface area contributed by atoms with E-state index in [9.17, 15) is 0 Å². The highest BCUT2D eigenvalue weighted by Gasteiger charge is 1.95. The van der Waals surface area contributed by atoms with E-state index in [4.69, 9.17) is 18.1 Å². The molecule has 0 radical (unpaired) electrons. The third-order valence-corrected chi connectivity index (χ3v) is 1.64. The van der Waals surface area contributed by atoms with Gasteiger partial charge >= 0.3 is 0 Å². The molecule has 0 spiro atoms. The molecule has 1 aromatic carbocycles. The van der Waals surface area contributed by atoms with Gasteiger partial charge in [-0.05, 0) is 18.1 Å². The molecule has 0 amide bonds. The lowest BCUT2D eigenvalue weighted by atomic mass is 10.2. The van der Waals surface area contributed by atoms with Crippen molar-refractivity contribution in [2.24, 2.45) is 0 Å². The highest BCUT2D eigenvalue weighted by atomic mass is 35.5. The molecule has 0 fully saturated rings. The molecule has 0 aliphatic heterocycles. The Kier molecular flexibility index (Phi) is 2.23. The fourth-order valence-electron chi connectivity index (χ4n) is 0.762. The van der Waals surface area contributed by atoms with Gasteiger partial charge in [0.1, 0.15) is 0 Å². The summed E-state index contributed by atoms with van der Waals surface area (Å²) in [6, 6.07) is 7.21. The van der Waals surface area contributed by atoms with Crippen molar-refractivity contribution in [3.05, 3.63) is 34.9 Å². The summed E-state index contributed by atoms with van der Waals surface area (Å²) in [5, 5.41) is 9.35. The topological polar surface area (TPSA) is 20.2 Å². The molecule has 0 bridgehead atoms. The number of aliphatic hydroxyl groups excluding tert-OH is 1. The van der Waals surface area contributed by atoms with Gasteiger partial charge in [-0.2, -0.15) is 0 Å². The van der Waals surface area contributed by atoms with E-state index in [-0.39, 0.29) is 0 Å². The van der Waals surface area contributed by atoms with Gasteiger partial charge in [0.05, 0.1) is 1.37 Å². The van der Waals surface area contributed by atoms with Crippen LogP contribution in [0.25, 0.3) is 0 Å². The number of hydrogen-bond acceptors (Lipinski definition) is 1. The smallest absolute Gasteiger partial charge is 0.0567 e. The average Bonchev–Trinajstić information content (AvgIpc) is 1.93. The van der Waals surface area contributed by atoms with Crippen LogP contribution in [0.4, 0.5) is 0 Å². The zero-order chi connectivity index (χ0) is 8.27. The molecule has 1 nitrogen and oxygen atoms in total. The Morgan fingerprint density at radius 2 is 2.20 bits per heavy atom. The van der Waals surface area contributed by atoms with Crippen LogP contribution in [-0.2, 0) is 6.42 Å². The van der Waals surface area contributed by atoms with Gasteiger partial charge in [-0.25, -0.2) is 0 Å². The molecular formula is C8H9ClO. The summed E-state index contributed by atoms with van der Waals surface area (Å²) in [5.74, 6) is 0. The van der Waals surface area contributed by atoms with Crippen LogP contribution in [0.2, 0.25) is 5.02 Å². The van der Waals surface area contributed by atoms with E-state index < -0.39 is 6.58 Å². The van der Waals surface area contributed by atoms with Crippen LogP contribution in [0.1, 0.15) is 6.93 Å². The largest absolute Gasteiger partial charge is 0.396 e. The molecule has 0 aliphatic rings. The Bertz CT molecular complexity index is 237. The Balaban J connectivity index is 2.78. The minimum atomic E-state index is -1.07. The maximum Gasteiger partial charge on any atom is 0.0567 e. The molecule has 1 atom stereocenters. The van der Waals surface area contributed by atoms with Crippen LogP contribution >= 0.6 is 11.6 Å². The highest BCUT2D eigenvalue weighted by Crippen LogP contribution is 2.14. The van der Waals surface area contributed by atoms with Crippen LogP contribution in [0, 0.1) is 0 Å². The number of aliphatic hydroxyl groups is 1. The van der Waals surface area contributed by atoms with Crippen molar-refractivity contribution < 1.29 is 6.48 Å². The molecule has 1 aromatic rings. The van der Waals surface area contributed by atoms with Crippen LogP contribution in [0.15, 0.2) is 24.3 Å². The Morgan fingerprint density at radius 1 is 1.50 bits per heavy atom. The molecule has 1 N–H and O–H groups in total. The van der Waals surface area contributed by atoms with Crippen molar-refractivity contribution in [1.29, 1.82) is 0 Å². The number of hydrogen-bond donors (Lipinski definition) is 1. The van der Waals surface area contributed by atoms with Gasteiger partial charge in [0.25, 0.3) is 0 Å². The predicted molar refractivity (Wildman–Crippen MR) is 42.2 cm³/mol. The lowest BCUT2D eigenvalue weighted by molar-refractivity contribution is 0.299. The Morgan fingerprint density at radius 3 is 2.80 bits per heavy atom. The lowest BCUT2D eigenvalue weighted by Gasteiger charge is -1.98. The second kappa shape index (κ2) is 3.59. The first-order chi connectivity index (χ1) is 5.20. The van der Waals surface area contributed by atoms with Crippen molar-refractivity contribution in [3.8, 4) is 0 Å². The summed E-state index contributed by atoms with van der Waals surface area (Å²) < 4.78 is 6.91. The molecule has 0 aliphatic carbocycles. The lowest BCUT2D eigenvalue weighted by Crippen LogP contribution is -1.90. The SMILES string of the molecule is [2H][C@H](O)Cc1ccccc1Cl. The summed E-state index contributed by atoms with van der Waals surface area (Å²) in [4.78, 5) is 0. The number of halogens is 1. The minimum Gasteiger partial charge on any atom is -0.396 e. The number of rotatable bonds is 2. The first kappa shape index (κ1) is 6.20. The van der Waals surface area contributed by atoms with Crippen LogP contribution in [-0.4, -0.2) is 11.7 Å². The fraction of sp³-hybridized carbons (Fsp3) is 0.250. The van der Waals surface area contributed by atoms with E-state index in [1.54, 1.807) is 12.1 Å². The van der Waals surface area contributed by atoms with Crippen molar-refractivity contribution in [2.45, 2.75) is 6.42 Å². The summed E-state index contributed by atoms with van der Waals surface area (Å²) in [6.45, 7) is -1.07. The highest BCUT2D eigenvalue weighted by molar-refractivity contribution is 6.31. The van der Waals surface area contributed by atoms with Crippen molar-refractivity contribution in [2.75, 3.05) is 6.58 Å². The van der Waals surface area contributed by atoms with E-state index in [2.05, 4.69) is 0 Å². The van der Waals surface area contributed by atoms with Gasteiger partial charge in [-0.15, -0.1) is 0 Å². The maximum atomic E-state index is 8.74.